The van der Waals surface area contributed by atoms with Crippen LogP contribution in [0.1, 0.15) is 11.1 Å². The van der Waals surface area contributed by atoms with Crippen LogP contribution < -0.4 is 25.7 Å². The summed E-state index contributed by atoms with van der Waals surface area (Å²) in [5.41, 5.74) is 9.20. The first-order chi connectivity index (χ1) is 11.1. The molecule has 0 atom stereocenters. The molecule has 2 rings (SSSR count). The summed E-state index contributed by atoms with van der Waals surface area (Å²) in [6.07, 6.45) is 1.67. The lowest BCUT2D eigenvalue weighted by atomic mass is 10.2. The van der Waals surface area contributed by atoms with Crippen molar-refractivity contribution in [2.45, 2.75) is 6.61 Å². The van der Waals surface area contributed by atoms with Gasteiger partial charge < -0.3 is 15.2 Å². The number of nitrogens with one attached hydrogen (secondary N) is 2. The van der Waals surface area contributed by atoms with Crippen LogP contribution in [0.25, 0.3) is 0 Å². The van der Waals surface area contributed by atoms with E-state index >= 15 is 0 Å². The summed E-state index contributed by atoms with van der Waals surface area (Å²) in [5, 5.41) is 2.89. The number of hydrazine groups is 1. The number of nitrogens with two attached hydrogens (primary N) is 1. The van der Waals surface area contributed by atoms with Crippen LogP contribution in [0, 0.1) is 5.82 Å². The fraction of sp³-hybridized carbons (Fsp3) is 0.125. The van der Waals surface area contributed by atoms with E-state index < -0.39 is 0 Å². The number of hydrogen-bond donors (Lipinski definition) is 3. The van der Waals surface area contributed by atoms with E-state index in [9.17, 15) is 4.39 Å². The normalized spacial score (nSPS) is 10.5. The maximum absolute atomic E-state index is 13.6. The molecule has 2 aromatic rings. The number of hydrazone groups is 1. The van der Waals surface area contributed by atoms with Gasteiger partial charge in [-0.05, 0) is 36.5 Å². The van der Waals surface area contributed by atoms with Gasteiger partial charge in [-0.2, -0.15) is 0 Å². The van der Waals surface area contributed by atoms with Crippen LogP contribution in [0.5, 0.6) is 11.5 Å². The summed E-state index contributed by atoms with van der Waals surface area (Å²) < 4.78 is 24.5. The van der Waals surface area contributed by atoms with Gasteiger partial charge in [0, 0.05) is 11.1 Å². The third-order valence-corrected chi connectivity index (χ3v) is 3.06. The molecule has 4 N–H and O–H groups in total. The second-order valence-corrected chi connectivity index (χ2v) is 5.01. The van der Waals surface area contributed by atoms with Gasteiger partial charge in [-0.25, -0.2) is 4.39 Å². The van der Waals surface area contributed by atoms with Crippen molar-refractivity contribution in [3.63, 3.8) is 0 Å². The predicted octanol–water partition coefficient (Wildman–Crippen LogP) is 0.661. The lowest BCUT2D eigenvalue weighted by Gasteiger charge is -2.11. The highest BCUT2D eigenvalue weighted by Gasteiger charge is 2.08. The zero-order chi connectivity index (χ0) is 16.7. The van der Waals surface area contributed by atoms with Gasteiger partial charge in [0.25, 0.3) is 0 Å². The summed E-state index contributed by atoms with van der Waals surface area (Å²) in [6.45, 7) is 0.118. The van der Waals surface area contributed by atoms with Crippen molar-refractivity contribution in [1.82, 2.24) is 5.43 Å². The van der Waals surface area contributed by atoms with Crippen LogP contribution in [-0.2, 0) is 6.61 Å². The number of ether oxygens (including phenoxy) is 2. The number of thiocarbonyl (C=S) groups is 1. The topological polar surface area (TPSA) is 70.5 Å². The standard InChI is InChI=1S/C16H16FN3O2S/c1-21-15-8-11(9-19-20-16(18)23)6-7-14(15)22-10-12-4-2-3-5-13(12)17/h2-9H,10H2,1H3,(H3,18,20,23)/p+1. The van der Waals surface area contributed by atoms with Crippen molar-refractivity contribution in [2.24, 2.45) is 5.73 Å². The third-order valence-electron chi connectivity index (χ3n) is 2.96. The number of halogens is 1. The van der Waals surface area contributed by atoms with E-state index in [1.807, 2.05) is 6.07 Å². The van der Waals surface area contributed by atoms with Crippen LogP contribution >= 0.6 is 12.2 Å². The Morgan fingerprint density at radius 2 is 2.09 bits per heavy atom. The van der Waals surface area contributed by atoms with E-state index in [1.54, 1.807) is 36.5 Å². The molecule has 0 aliphatic heterocycles. The summed E-state index contributed by atoms with van der Waals surface area (Å²) in [5.74, 6) is 0.756. The van der Waals surface area contributed by atoms with Gasteiger partial charge >= 0.3 is 0 Å². The first-order valence-electron chi connectivity index (χ1n) is 6.78. The van der Waals surface area contributed by atoms with E-state index in [2.05, 4.69) is 22.7 Å². The van der Waals surface area contributed by atoms with E-state index in [0.717, 1.165) is 5.56 Å². The van der Waals surface area contributed by atoms with E-state index in [4.69, 9.17) is 15.2 Å². The highest BCUT2D eigenvalue weighted by Crippen LogP contribution is 2.28. The maximum atomic E-state index is 13.6. The number of methoxy groups -OCH3 is 1. The number of benzene rings is 2. The van der Waals surface area contributed by atoms with Crippen LogP contribution in [0.15, 0.2) is 42.5 Å². The Bertz CT molecular complexity index is 722. The molecule has 0 heterocycles. The molecule has 5 nitrogen and oxygen atoms in total. The summed E-state index contributed by atoms with van der Waals surface area (Å²) in [7, 11) is 1.54. The van der Waals surface area contributed by atoms with Crippen LogP contribution in [-0.4, -0.2) is 18.4 Å². The number of hydrogen-bond acceptors (Lipinski definition) is 3. The SMILES string of the molecule is COc1cc(C=[NH+]NC(N)=S)ccc1OCc1ccccc1F. The second kappa shape index (κ2) is 8.09. The molecule has 120 valence electrons. The lowest BCUT2D eigenvalue weighted by Crippen LogP contribution is -2.82. The average Bonchev–Trinajstić information content (AvgIpc) is 2.54. The molecule has 0 aliphatic rings. The molecule has 23 heavy (non-hydrogen) atoms. The Kier molecular flexibility index (Phi) is 5.87. The van der Waals surface area contributed by atoms with Crippen LogP contribution in [0.3, 0.4) is 0 Å². The highest BCUT2D eigenvalue weighted by atomic mass is 32.1. The highest BCUT2D eigenvalue weighted by molar-refractivity contribution is 7.80. The van der Waals surface area contributed by atoms with Crippen molar-refractivity contribution >= 4 is 23.5 Å². The average molecular weight is 334 g/mol. The van der Waals surface area contributed by atoms with Gasteiger partial charge in [0.1, 0.15) is 12.4 Å². The molecule has 0 aliphatic carbocycles. The smallest absolute Gasteiger partial charge is 0.221 e. The fourth-order valence-electron chi connectivity index (χ4n) is 1.85. The molecule has 0 saturated carbocycles. The molecule has 0 saturated heterocycles. The van der Waals surface area contributed by atoms with Crippen molar-refractivity contribution in [3.05, 3.63) is 59.4 Å². The molecule has 0 amide bonds. The molecule has 0 aromatic heterocycles. The number of rotatable bonds is 6. The summed E-state index contributed by atoms with van der Waals surface area (Å²) >= 11 is 4.68. The minimum atomic E-state index is -0.301. The molecular formula is C16H17FN3O2S+. The van der Waals surface area contributed by atoms with Crippen molar-refractivity contribution < 1.29 is 19.0 Å². The third kappa shape index (κ3) is 4.93. The molecule has 0 spiro atoms. The molecule has 7 heteroatoms. The molecule has 0 bridgehead atoms. The molecule has 0 fully saturated rings. The van der Waals surface area contributed by atoms with Gasteiger partial charge in [-0.3, -0.25) is 0 Å². The van der Waals surface area contributed by atoms with Gasteiger partial charge in [0.15, 0.2) is 17.7 Å². The predicted molar refractivity (Wildman–Crippen MR) is 89.8 cm³/mol. The first kappa shape index (κ1) is 16.7. The maximum Gasteiger partial charge on any atom is 0.221 e. The fourth-order valence-corrected chi connectivity index (χ4v) is 1.91. The molecular weight excluding hydrogens is 317 g/mol. The van der Waals surface area contributed by atoms with Gasteiger partial charge in [0.2, 0.25) is 5.11 Å². The van der Waals surface area contributed by atoms with E-state index in [1.165, 1.54) is 13.2 Å². The monoisotopic (exact) mass is 334 g/mol. The Morgan fingerprint density at radius 1 is 1.30 bits per heavy atom. The summed E-state index contributed by atoms with van der Waals surface area (Å²) in [6, 6.07) is 11.8. The van der Waals surface area contributed by atoms with Crippen molar-refractivity contribution in [3.8, 4) is 11.5 Å². The first-order valence-corrected chi connectivity index (χ1v) is 7.19. The van der Waals surface area contributed by atoms with E-state index in [0.29, 0.717) is 17.1 Å². The van der Waals surface area contributed by atoms with Crippen molar-refractivity contribution in [1.29, 1.82) is 0 Å². The largest absolute Gasteiger partial charge is 0.493 e. The lowest BCUT2D eigenvalue weighted by molar-refractivity contribution is -0.499. The van der Waals surface area contributed by atoms with Gasteiger partial charge in [0.05, 0.1) is 7.11 Å². The Balaban J connectivity index is 2.09. The van der Waals surface area contributed by atoms with Gasteiger partial charge in [-0.15, -0.1) is 10.5 Å². The minimum absolute atomic E-state index is 0.118. The zero-order valence-electron chi connectivity index (χ0n) is 12.5. The zero-order valence-corrected chi connectivity index (χ0v) is 13.3. The molecule has 0 radical (unpaired) electrons. The minimum Gasteiger partial charge on any atom is -0.493 e. The van der Waals surface area contributed by atoms with Gasteiger partial charge in [-0.1, -0.05) is 18.2 Å². The molecule has 2 aromatic carbocycles. The summed E-state index contributed by atoms with van der Waals surface area (Å²) in [4.78, 5) is 0. The van der Waals surface area contributed by atoms with Crippen molar-refractivity contribution in [2.75, 3.05) is 7.11 Å². The Morgan fingerprint density at radius 3 is 2.78 bits per heavy atom. The van der Waals surface area contributed by atoms with E-state index in [-0.39, 0.29) is 17.5 Å². The molecule has 0 unspecified atom stereocenters. The quantitative estimate of drug-likeness (QED) is 0.411. The Labute approximate surface area is 138 Å². The van der Waals surface area contributed by atoms with Crippen LogP contribution in [0.4, 0.5) is 4.39 Å². The second-order valence-electron chi connectivity index (χ2n) is 4.57. The Hall–Kier alpha value is -2.67. The van der Waals surface area contributed by atoms with Crippen LogP contribution in [0.2, 0.25) is 0 Å².